The van der Waals surface area contributed by atoms with Crippen LogP contribution in [0.2, 0.25) is 0 Å². The number of oxime groups is 1. The van der Waals surface area contributed by atoms with Crippen molar-refractivity contribution in [2.45, 2.75) is 32.4 Å². The average molecular weight is 409 g/mol. The first-order valence-electron chi connectivity index (χ1n) is 9.91. The van der Waals surface area contributed by atoms with E-state index < -0.39 is 12.1 Å². The number of benzene rings is 2. The van der Waals surface area contributed by atoms with Crippen molar-refractivity contribution < 1.29 is 19.5 Å². The molecule has 158 valence electrons. The Morgan fingerprint density at radius 1 is 1.23 bits per heavy atom. The van der Waals surface area contributed by atoms with Gasteiger partial charge in [0.15, 0.2) is 0 Å². The maximum Gasteiger partial charge on any atom is 0.254 e. The standard InChI is InChI=1S/C23H27N3O4/c1-15-6-4-5-7-20(15)17-8-10-18(11-9-17)23(29)26-13-19(25-30-3)12-21(26)22(28)24-16(2)14-27/h4-11,16,21,27H,12-14H2,1-3H3,(H,24,28)/t16?,21-/m0/s1. The number of carbonyl (C=O) groups is 2. The van der Waals surface area contributed by atoms with E-state index in [-0.39, 0.29) is 25.0 Å². The van der Waals surface area contributed by atoms with E-state index >= 15 is 0 Å². The molecule has 2 aromatic carbocycles. The molecule has 0 aliphatic carbocycles. The lowest BCUT2D eigenvalue weighted by Crippen LogP contribution is -2.49. The van der Waals surface area contributed by atoms with Crippen molar-refractivity contribution in [3.05, 3.63) is 59.7 Å². The zero-order valence-electron chi connectivity index (χ0n) is 17.5. The number of nitrogens with one attached hydrogen (secondary N) is 1. The molecule has 1 aliphatic heterocycles. The van der Waals surface area contributed by atoms with Crippen LogP contribution in [0.3, 0.4) is 0 Å². The van der Waals surface area contributed by atoms with Crippen molar-refractivity contribution in [2.75, 3.05) is 20.3 Å². The molecule has 0 saturated carbocycles. The topological polar surface area (TPSA) is 91.2 Å². The molecule has 0 aromatic heterocycles. The van der Waals surface area contributed by atoms with Crippen molar-refractivity contribution in [1.29, 1.82) is 0 Å². The molecule has 30 heavy (non-hydrogen) atoms. The van der Waals surface area contributed by atoms with Gasteiger partial charge in [-0.05, 0) is 42.7 Å². The minimum atomic E-state index is -0.698. The lowest BCUT2D eigenvalue weighted by atomic mass is 9.99. The Morgan fingerprint density at radius 2 is 1.93 bits per heavy atom. The number of hydrogen-bond donors (Lipinski definition) is 2. The molecular weight excluding hydrogens is 382 g/mol. The zero-order chi connectivity index (χ0) is 21.7. The van der Waals surface area contributed by atoms with Gasteiger partial charge in [-0.25, -0.2) is 0 Å². The van der Waals surface area contributed by atoms with Gasteiger partial charge in [-0.1, -0.05) is 41.6 Å². The molecule has 2 aromatic rings. The van der Waals surface area contributed by atoms with Crippen LogP contribution in [0.25, 0.3) is 11.1 Å². The number of aliphatic hydroxyl groups excluding tert-OH is 1. The van der Waals surface area contributed by atoms with Gasteiger partial charge in [0.05, 0.1) is 18.9 Å². The smallest absolute Gasteiger partial charge is 0.254 e. The maximum absolute atomic E-state index is 13.2. The van der Waals surface area contributed by atoms with Crippen LogP contribution >= 0.6 is 0 Å². The van der Waals surface area contributed by atoms with Gasteiger partial charge in [-0.2, -0.15) is 0 Å². The summed E-state index contributed by atoms with van der Waals surface area (Å²) in [6, 6.07) is 14.4. The summed E-state index contributed by atoms with van der Waals surface area (Å²) in [5, 5.41) is 15.9. The normalized spacial score (nSPS) is 18.3. The molecule has 0 bridgehead atoms. The Morgan fingerprint density at radius 3 is 2.57 bits per heavy atom. The highest BCUT2D eigenvalue weighted by Crippen LogP contribution is 2.25. The SMILES string of the molecule is CON=C1C[C@@H](C(=O)NC(C)CO)N(C(=O)c2ccc(-c3ccccc3C)cc2)C1. The molecule has 2 atom stereocenters. The number of nitrogens with zero attached hydrogens (tertiary/aromatic N) is 2. The Kier molecular flexibility index (Phi) is 6.84. The Labute approximate surface area is 176 Å². The fourth-order valence-electron chi connectivity index (χ4n) is 3.59. The summed E-state index contributed by atoms with van der Waals surface area (Å²) in [4.78, 5) is 32.2. The van der Waals surface area contributed by atoms with Crippen LogP contribution in [0.4, 0.5) is 0 Å². The maximum atomic E-state index is 13.2. The van der Waals surface area contributed by atoms with Gasteiger partial charge in [0.2, 0.25) is 5.91 Å². The van der Waals surface area contributed by atoms with E-state index in [4.69, 9.17) is 4.84 Å². The molecule has 7 heteroatoms. The fraction of sp³-hybridized carbons (Fsp3) is 0.348. The van der Waals surface area contributed by atoms with E-state index in [1.54, 1.807) is 19.1 Å². The van der Waals surface area contributed by atoms with E-state index in [9.17, 15) is 14.7 Å². The second-order valence-electron chi connectivity index (χ2n) is 7.48. The molecule has 2 N–H and O–H groups in total. The number of rotatable bonds is 6. The van der Waals surface area contributed by atoms with Gasteiger partial charge in [0.25, 0.3) is 5.91 Å². The summed E-state index contributed by atoms with van der Waals surface area (Å²) in [7, 11) is 1.44. The monoisotopic (exact) mass is 409 g/mol. The van der Waals surface area contributed by atoms with Gasteiger partial charge < -0.3 is 20.2 Å². The van der Waals surface area contributed by atoms with Crippen molar-refractivity contribution in [2.24, 2.45) is 5.16 Å². The van der Waals surface area contributed by atoms with Crippen LogP contribution in [-0.2, 0) is 9.63 Å². The lowest BCUT2D eigenvalue weighted by molar-refractivity contribution is -0.125. The van der Waals surface area contributed by atoms with Crippen LogP contribution in [0.1, 0.15) is 29.3 Å². The van der Waals surface area contributed by atoms with Gasteiger partial charge in [-0.15, -0.1) is 0 Å². The molecule has 1 fully saturated rings. The molecule has 1 aliphatic rings. The van der Waals surface area contributed by atoms with Crippen molar-refractivity contribution >= 4 is 17.5 Å². The number of likely N-dealkylation sites (tertiary alicyclic amines) is 1. The third kappa shape index (κ3) is 4.68. The number of amides is 2. The molecular formula is C23H27N3O4. The number of hydrogen-bond acceptors (Lipinski definition) is 5. The average Bonchev–Trinajstić information content (AvgIpc) is 3.18. The first-order valence-corrected chi connectivity index (χ1v) is 9.91. The van der Waals surface area contributed by atoms with E-state index in [2.05, 4.69) is 10.5 Å². The number of aliphatic hydroxyl groups is 1. The van der Waals surface area contributed by atoms with E-state index in [1.165, 1.54) is 12.0 Å². The van der Waals surface area contributed by atoms with E-state index in [1.807, 2.05) is 43.3 Å². The largest absolute Gasteiger partial charge is 0.399 e. The number of carbonyl (C=O) groups excluding carboxylic acids is 2. The van der Waals surface area contributed by atoms with E-state index in [0.29, 0.717) is 17.7 Å². The van der Waals surface area contributed by atoms with Crippen LogP contribution < -0.4 is 5.32 Å². The van der Waals surface area contributed by atoms with E-state index in [0.717, 1.165) is 16.7 Å². The summed E-state index contributed by atoms with van der Waals surface area (Å²) >= 11 is 0. The Bertz CT molecular complexity index is 940. The van der Waals surface area contributed by atoms with Crippen LogP contribution in [0, 0.1) is 6.92 Å². The summed E-state index contributed by atoms with van der Waals surface area (Å²) in [5.41, 5.74) is 4.42. The fourth-order valence-corrected chi connectivity index (χ4v) is 3.59. The molecule has 1 unspecified atom stereocenters. The van der Waals surface area contributed by atoms with Crippen molar-refractivity contribution in [1.82, 2.24) is 10.2 Å². The van der Waals surface area contributed by atoms with Gasteiger partial charge >= 0.3 is 0 Å². The molecule has 2 amide bonds. The molecule has 7 nitrogen and oxygen atoms in total. The van der Waals surface area contributed by atoms with Gasteiger partial charge in [0.1, 0.15) is 13.2 Å². The molecule has 0 spiro atoms. The first-order chi connectivity index (χ1) is 14.4. The zero-order valence-corrected chi connectivity index (χ0v) is 17.5. The van der Waals surface area contributed by atoms with Crippen LogP contribution in [-0.4, -0.2) is 59.9 Å². The highest BCUT2D eigenvalue weighted by atomic mass is 16.6. The minimum Gasteiger partial charge on any atom is -0.399 e. The highest BCUT2D eigenvalue weighted by Gasteiger charge is 2.38. The highest BCUT2D eigenvalue weighted by molar-refractivity contribution is 6.05. The van der Waals surface area contributed by atoms with Crippen molar-refractivity contribution in [3.63, 3.8) is 0 Å². The third-order valence-electron chi connectivity index (χ3n) is 5.19. The predicted octanol–water partition coefficient (Wildman–Crippen LogP) is 2.38. The van der Waals surface area contributed by atoms with Crippen molar-refractivity contribution in [3.8, 4) is 11.1 Å². The first kappa shape index (κ1) is 21.5. The molecule has 1 saturated heterocycles. The van der Waals surface area contributed by atoms with Gasteiger partial charge in [-0.3, -0.25) is 9.59 Å². The molecule has 1 heterocycles. The summed E-state index contributed by atoms with van der Waals surface area (Å²) in [6.07, 6.45) is 0.296. The molecule has 3 rings (SSSR count). The predicted molar refractivity (Wildman–Crippen MR) is 115 cm³/mol. The minimum absolute atomic E-state index is 0.175. The van der Waals surface area contributed by atoms with Crippen LogP contribution in [0.5, 0.6) is 0 Å². The van der Waals surface area contributed by atoms with Crippen LogP contribution in [0.15, 0.2) is 53.7 Å². The molecule has 0 radical (unpaired) electrons. The lowest BCUT2D eigenvalue weighted by Gasteiger charge is -2.24. The quantitative estimate of drug-likeness (QED) is 0.717. The Hall–Kier alpha value is -3.19. The summed E-state index contributed by atoms with van der Waals surface area (Å²) in [5.74, 6) is -0.563. The summed E-state index contributed by atoms with van der Waals surface area (Å²) < 4.78 is 0. The number of aryl methyl sites for hydroxylation is 1. The Balaban J connectivity index is 1.83. The second kappa shape index (κ2) is 9.54. The second-order valence-corrected chi connectivity index (χ2v) is 7.48. The van der Waals surface area contributed by atoms with Gasteiger partial charge in [0, 0.05) is 18.0 Å². The summed E-state index contributed by atoms with van der Waals surface area (Å²) in [6.45, 7) is 3.79. The third-order valence-corrected chi connectivity index (χ3v) is 5.19.